The van der Waals surface area contributed by atoms with Gasteiger partial charge in [0.05, 0.1) is 12.3 Å². The van der Waals surface area contributed by atoms with E-state index in [1.54, 1.807) is 6.92 Å². The molecule has 15 heavy (non-hydrogen) atoms. The number of hydrogen-bond donors (Lipinski definition) is 2. The van der Waals surface area contributed by atoms with Crippen LogP contribution in [0.1, 0.15) is 12.5 Å². The topological polar surface area (TPSA) is 58.6 Å². The van der Waals surface area contributed by atoms with E-state index < -0.39 is 18.5 Å². The highest BCUT2D eigenvalue weighted by molar-refractivity contribution is 5.97. The number of carbonyl (C=O) groups is 1. The van der Waals surface area contributed by atoms with Crippen molar-refractivity contribution in [3.05, 3.63) is 23.5 Å². The first-order chi connectivity index (χ1) is 7.11. The zero-order valence-corrected chi connectivity index (χ0v) is 8.08. The molecule has 2 N–H and O–H groups in total. The molecule has 0 fully saturated rings. The zero-order chi connectivity index (χ0) is 11.0. The number of fused-ring (bicyclic) bond motifs is 1. The molecule has 1 aromatic carbocycles. The number of nitrogens with one attached hydrogen (secondary N) is 1. The highest BCUT2D eigenvalue weighted by Crippen LogP contribution is 2.32. The third-order valence-electron chi connectivity index (χ3n) is 2.25. The third-order valence-corrected chi connectivity index (χ3v) is 2.25. The normalized spacial score (nSPS) is 19.1. The van der Waals surface area contributed by atoms with Gasteiger partial charge in [0.2, 0.25) is 0 Å². The van der Waals surface area contributed by atoms with E-state index in [0.29, 0.717) is 5.69 Å². The molecule has 2 rings (SSSR count). The third kappa shape index (κ3) is 1.66. The lowest BCUT2D eigenvalue weighted by atomic mass is 10.1. The van der Waals surface area contributed by atoms with E-state index in [4.69, 9.17) is 9.84 Å². The van der Waals surface area contributed by atoms with Crippen LogP contribution in [0.4, 0.5) is 10.1 Å². The number of benzene rings is 1. The minimum absolute atomic E-state index is 0.132. The number of hydrogen-bond acceptors (Lipinski definition) is 3. The standard InChI is InChI=1S/C10H10FNO3/c1-5-10(14)12-8-2-6(4-13)7(11)3-9(8)15-5/h2-3,5,13H,4H2,1H3,(H,12,14). The number of halogens is 1. The van der Waals surface area contributed by atoms with Crippen molar-refractivity contribution in [3.63, 3.8) is 0 Å². The molecular weight excluding hydrogens is 201 g/mol. The fourth-order valence-electron chi connectivity index (χ4n) is 1.39. The van der Waals surface area contributed by atoms with Gasteiger partial charge in [0.1, 0.15) is 11.6 Å². The predicted molar refractivity (Wildman–Crippen MR) is 51.0 cm³/mol. The summed E-state index contributed by atoms with van der Waals surface area (Å²) in [6.07, 6.45) is -0.628. The minimum atomic E-state index is -0.628. The summed E-state index contributed by atoms with van der Waals surface area (Å²) >= 11 is 0. The van der Waals surface area contributed by atoms with Crippen LogP contribution in [0.3, 0.4) is 0 Å². The van der Waals surface area contributed by atoms with Gasteiger partial charge in [-0.15, -0.1) is 0 Å². The van der Waals surface area contributed by atoms with Crippen molar-refractivity contribution < 1.29 is 19.0 Å². The summed E-state index contributed by atoms with van der Waals surface area (Å²) in [4.78, 5) is 11.2. The summed E-state index contributed by atoms with van der Waals surface area (Å²) in [5.41, 5.74) is 0.524. The van der Waals surface area contributed by atoms with E-state index in [0.717, 1.165) is 6.07 Å². The van der Waals surface area contributed by atoms with Gasteiger partial charge in [-0.2, -0.15) is 0 Å². The Kier molecular flexibility index (Phi) is 2.32. The lowest BCUT2D eigenvalue weighted by Gasteiger charge is -2.23. The van der Waals surface area contributed by atoms with Crippen LogP contribution in [-0.4, -0.2) is 17.1 Å². The SMILES string of the molecule is CC1Oc2cc(F)c(CO)cc2NC1=O. The van der Waals surface area contributed by atoms with Gasteiger partial charge in [0, 0.05) is 11.6 Å². The quantitative estimate of drug-likeness (QED) is 0.729. The Bertz CT molecular complexity index is 419. The second kappa shape index (κ2) is 3.51. The van der Waals surface area contributed by atoms with Gasteiger partial charge >= 0.3 is 0 Å². The van der Waals surface area contributed by atoms with Gasteiger partial charge in [0.15, 0.2) is 6.10 Å². The summed E-state index contributed by atoms with van der Waals surface area (Å²) in [6, 6.07) is 2.53. The van der Waals surface area contributed by atoms with Crippen molar-refractivity contribution in [2.24, 2.45) is 0 Å². The van der Waals surface area contributed by atoms with Gasteiger partial charge in [-0.25, -0.2) is 4.39 Å². The van der Waals surface area contributed by atoms with E-state index in [1.165, 1.54) is 6.07 Å². The molecule has 0 saturated heterocycles. The van der Waals surface area contributed by atoms with Crippen molar-refractivity contribution in [2.45, 2.75) is 19.6 Å². The summed E-state index contributed by atoms with van der Waals surface area (Å²) in [5.74, 6) is -0.533. The van der Waals surface area contributed by atoms with Crippen LogP contribution in [0.5, 0.6) is 5.75 Å². The molecule has 0 aromatic heterocycles. The summed E-state index contributed by atoms with van der Waals surface area (Å²) < 4.78 is 18.4. The van der Waals surface area contributed by atoms with Gasteiger partial charge in [0.25, 0.3) is 5.91 Å². The van der Waals surface area contributed by atoms with Crippen LogP contribution >= 0.6 is 0 Å². The molecule has 1 aromatic rings. The molecule has 0 spiro atoms. The van der Waals surface area contributed by atoms with Crippen LogP contribution in [0.15, 0.2) is 12.1 Å². The molecule has 80 valence electrons. The first kappa shape index (κ1) is 9.92. The molecule has 1 heterocycles. The lowest BCUT2D eigenvalue weighted by molar-refractivity contribution is -0.122. The Morgan fingerprint density at radius 1 is 1.60 bits per heavy atom. The van der Waals surface area contributed by atoms with Crippen molar-refractivity contribution in [2.75, 3.05) is 5.32 Å². The Hall–Kier alpha value is -1.62. The van der Waals surface area contributed by atoms with Crippen molar-refractivity contribution in [1.82, 2.24) is 0 Å². The van der Waals surface area contributed by atoms with E-state index in [1.807, 2.05) is 0 Å². The number of carbonyl (C=O) groups excluding carboxylic acids is 1. The summed E-state index contributed by atoms with van der Waals surface area (Å²) in [6.45, 7) is 1.17. The highest BCUT2D eigenvalue weighted by Gasteiger charge is 2.24. The van der Waals surface area contributed by atoms with Crippen molar-refractivity contribution in [3.8, 4) is 5.75 Å². The number of rotatable bonds is 1. The number of aliphatic hydroxyl groups is 1. The predicted octanol–water partition coefficient (Wildman–Crippen LogP) is 1.04. The average molecular weight is 211 g/mol. The molecule has 5 heteroatoms. The number of amides is 1. The highest BCUT2D eigenvalue weighted by atomic mass is 19.1. The number of ether oxygens (including phenoxy) is 1. The number of aliphatic hydroxyl groups excluding tert-OH is 1. The van der Waals surface area contributed by atoms with Gasteiger partial charge in [-0.05, 0) is 13.0 Å². The molecule has 1 unspecified atom stereocenters. The van der Waals surface area contributed by atoms with E-state index in [-0.39, 0.29) is 17.2 Å². The second-order valence-corrected chi connectivity index (χ2v) is 3.35. The first-order valence-corrected chi connectivity index (χ1v) is 4.52. The van der Waals surface area contributed by atoms with Crippen LogP contribution < -0.4 is 10.1 Å². The van der Waals surface area contributed by atoms with E-state index in [2.05, 4.69) is 5.32 Å². The smallest absolute Gasteiger partial charge is 0.265 e. The Morgan fingerprint density at radius 3 is 3.00 bits per heavy atom. The van der Waals surface area contributed by atoms with Crippen LogP contribution in [0.25, 0.3) is 0 Å². The fourth-order valence-corrected chi connectivity index (χ4v) is 1.39. The molecule has 0 radical (unpaired) electrons. The molecule has 1 aliphatic rings. The van der Waals surface area contributed by atoms with E-state index >= 15 is 0 Å². The second-order valence-electron chi connectivity index (χ2n) is 3.35. The average Bonchev–Trinajstić information content (AvgIpc) is 2.20. The van der Waals surface area contributed by atoms with Gasteiger partial charge < -0.3 is 15.2 Å². The Labute approximate surface area is 85.7 Å². The Balaban J connectivity index is 2.45. The molecule has 1 aliphatic heterocycles. The largest absolute Gasteiger partial charge is 0.479 e. The van der Waals surface area contributed by atoms with E-state index in [9.17, 15) is 9.18 Å². The van der Waals surface area contributed by atoms with Crippen LogP contribution in [0, 0.1) is 5.82 Å². The molecular formula is C10H10FNO3. The minimum Gasteiger partial charge on any atom is -0.479 e. The molecule has 0 bridgehead atoms. The first-order valence-electron chi connectivity index (χ1n) is 4.52. The monoisotopic (exact) mass is 211 g/mol. The summed E-state index contributed by atoms with van der Waals surface area (Å²) in [5, 5.41) is 11.4. The zero-order valence-electron chi connectivity index (χ0n) is 8.08. The fraction of sp³-hybridized carbons (Fsp3) is 0.300. The maximum absolute atomic E-state index is 13.2. The maximum atomic E-state index is 13.2. The van der Waals surface area contributed by atoms with Gasteiger partial charge in [-0.1, -0.05) is 0 Å². The van der Waals surface area contributed by atoms with Gasteiger partial charge in [-0.3, -0.25) is 4.79 Å². The maximum Gasteiger partial charge on any atom is 0.265 e. The Morgan fingerprint density at radius 2 is 2.33 bits per heavy atom. The van der Waals surface area contributed by atoms with Crippen LogP contribution in [-0.2, 0) is 11.4 Å². The molecule has 1 amide bonds. The van der Waals surface area contributed by atoms with Crippen molar-refractivity contribution in [1.29, 1.82) is 0 Å². The summed E-state index contributed by atoms with van der Waals surface area (Å²) in [7, 11) is 0. The molecule has 1 atom stereocenters. The molecule has 0 aliphatic carbocycles. The number of anilines is 1. The molecule has 4 nitrogen and oxygen atoms in total. The van der Waals surface area contributed by atoms with Crippen LogP contribution in [0.2, 0.25) is 0 Å². The lowest BCUT2D eigenvalue weighted by Crippen LogP contribution is -2.34. The van der Waals surface area contributed by atoms with Crippen molar-refractivity contribution >= 4 is 11.6 Å². The molecule has 0 saturated carbocycles.